The zero-order valence-corrected chi connectivity index (χ0v) is 14.4. The molecule has 0 saturated carbocycles. The molecule has 2 aromatic carbocycles. The van der Waals surface area contributed by atoms with Crippen LogP contribution in [0.2, 0.25) is 0 Å². The van der Waals surface area contributed by atoms with Crippen LogP contribution in [-0.4, -0.2) is 10.9 Å². The summed E-state index contributed by atoms with van der Waals surface area (Å²) in [4.78, 5) is 15.9. The minimum Gasteiger partial charge on any atom is -0.325 e. The van der Waals surface area contributed by atoms with Crippen LogP contribution in [-0.2, 0) is 11.2 Å². The Balaban J connectivity index is 1.51. The first kappa shape index (κ1) is 16.9. The zero-order valence-electron chi connectivity index (χ0n) is 14.4. The van der Waals surface area contributed by atoms with Crippen molar-refractivity contribution in [1.82, 2.24) is 4.98 Å². The molecular weight excluding hydrogens is 308 g/mol. The van der Waals surface area contributed by atoms with Gasteiger partial charge in [0.25, 0.3) is 0 Å². The predicted octanol–water partition coefficient (Wildman–Crippen LogP) is 5.02. The number of nitrogens with one attached hydrogen (secondary N) is 1. The van der Waals surface area contributed by atoms with Crippen LogP contribution >= 0.6 is 0 Å². The van der Waals surface area contributed by atoms with Crippen molar-refractivity contribution in [2.45, 2.75) is 26.2 Å². The molecule has 0 unspecified atom stereocenters. The van der Waals surface area contributed by atoms with Crippen LogP contribution in [0.5, 0.6) is 0 Å². The number of amides is 1. The van der Waals surface area contributed by atoms with Crippen molar-refractivity contribution in [3.8, 4) is 11.1 Å². The van der Waals surface area contributed by atoms with Crippen molar-refractivity contribution in [3.05, 3.63) is 84.2 Å². The molecule has 0 aliphatic carbocycles. The average molecular weight is 330 g/mol. The topological polar surface area (TPSA) is 42.0 Å². The number of nitrogens with zero attached hydrogens (tertiary/aromatic N) is 1. The summed E-state index contributed by atoms with van der Waals surface area (Å²) in [5.74, 6) is 0.0320. The van der Waals surface area contributed by atoms with Gasteiger partial charge in [-0.3, -0.25) is 9.78 Å². The number of pyridine rings is 1. The number of rotatable bonds is 6. The molecule has 0 aliphatic rings. The van der Waals surface area contributed by atoms with E-state index in [1.807, 2.05) is 12.1 Å². The molecule has 1 N–H and O–H groups in total. The first-order valence-electron chi connectivity index (χ1n) is 8.57. The van der Waals surface area contributed by atoms with Crippen molar-refractivity contribution < 1.29 is 4.79 Å². The summed E-state index contributed by atoms with van der Waals surface area (Å²) in [7, 11) is 0. The Bertz CT molecular complexity index is 826. The highest BCUT2D eigenvalue weighted by Crippen LogP contribution is 2.23. The van der Waals surface area contributed by atoms with Crippen LogP contribution in [0.15, 0.2) is 73.1 Å². The van der Waals surface area contributed by atoms with Gasteiger partial charge in [0.1, 0.15) is 0 Å². The summed E-state index contributed by atoms with van der Waals surface area (Å²) in [5.41, 5.74) is 5.78. The number of benzene rings is 2. The number of aryl methyl sites for hydroxylation is 2. The van der Waals surface area contributed by atoms with E-state index in [0.29, 0.717) is 6.42 Å². The molecule has 1 heterocycles. The fourth-order valence-electron chi connectivity index (χ4n) is 2.86. The molecule has 0 bridgehead atoms. The Morgan fingerprint density at radius 2 is 1.80 bits per heavy atom. The summed E-state index contributed by atoms with van der Waals surface area (Å²) in [6.45, 7) is 2.13. The normalized spacial score (nSPS) is 10.4. The van der Waals surface area contributed by atoms with Crippen molar-refractivity contribution in [3.63, 3.8) is 0 Å². The van der Waals surface area contributed by atoms with Crippen LogP contribution in [0.3, 0.4) is 0 Å². The Labute approximate surface area is 148 Å². The third kappa shape index (κ3) is 4.77. The first-order valence-corrected chi connectivity index (χ1v) is 8.57. The Hall–Kier alpha value is -2.94. The lowest BCUT2D eigenvalue weighted by Crippen LogP contribution is -2.11. The number of carbonyl (C=O) groups is 1. The molecule has 0 aliphatic heterocycles. The molecule has 3 rings (SSSR count). The molecule has 0 saturated heterocycles. The molecule has 3 heteroatoms. The summed E-state index contributed by atoms with van der Waals surface area (Å²) >= 11 is 0. The lowest BCUT2D eigenvalue weighted by Gasteiger charge is -2.08. The van der Waals surface area contributed by atoms with E-state index >= 15 is 0 Å². The van der Waals surface area contributed by atoms with Gasteiger partial charge in [-0.25, -0.2) is 0 Å². The standard InChI is InChI=1S/C22H22N2O/c1-17-6-2-3-9-21(17)19-13-11-18(12-14-19)7-4-10-22(25)24-20-8-5-15-23-16-20/h2-3,5-6,8-9,11-16H,4,7,10H2,1H3,(H,24,25). The molecule has 3 nitrogen and oxygen atoms in total. The lowest BCUT2D eigenvalue weighted by molar-refractivity contribution is -0.116. The fraction of sp³-hybridized carbons (Fsp3) is 0.182. The van der Waals surface area contributed by atoms with E-state index in [9.17, 15) is 4.79 Å². The van der Waals surface area contributed by atoms with E-state index in [-0.39, 0.29) is 5.91 Å². The molecule has 3 aromatic rings. The van der Waals surface area contributed by atoms with Gasteiger partial charge in [0.15, 0.2) is 0 Å². The Morgan fingerprint density at radius 3 is 2.52 bits per heavy atom. The first-order chi connectivity index (χ1) is 12.2. The van der Waals surface area contributed by atoms with Crippen molar-refractivity contribution in [1.29, 1.82) is 0 Å². The van der Waals surface area contributed by atoms with Gasteiger partial charge in [0.2, 0.25) is 5.91 Å². The lowest BCUT2D eigenvalue weighted by atomic mass is 9.98. The van der Waals surface area contributed by atoms with Crippen LogP contribution in [0.4, 0.5) is 5.69 Å². The number of anilines is 1. The quantitative estimate of drug-likeness (QED) is 0.689. The fourth-order valence-corrected chi connectivity index (χ4v) is 2.86. The van der Waals surface area contributed by atoms with Gasteiger partial charge >= 0.3 is 0 Å². The molecule has 0 spiro atoms. The van der Waals surface area contributed by atoms with Gasteiger partial charge in [0.05, 0.1) is 11.9 Å². The molecule has 0 atom stereocenters. The summed E-state index contributed by atoms with van der Waals surface area (Å²) in [6, 6.07) is 20.7. The third-order valence-electron chi connectivity index (χ3n) is 4.22. The highest BCUT2D eigenvalue weighted by molar-refractivity contribution is 5.90. The van der Waals surface area contributed by atoms with E-state index in [1.165, 1.54) is 22.3 Å². The highest BCUT2D eigenvalue weighted by atomic mass is 16.1. The maximum atomic E-state index is 11.9. The molecule has 126 valence electrons. The van der Waals surface area contributed by atoms with E-state index in [0.717, 1.165) is 18.5 Å². The van der Waals surface area contributed by atoms with E-state index in [4.69, 9.17) is 0 Å². The third-order valence-corrected chi connectivity index (χ3v) is 4.22. The van der Waals surface area contributed by atoms with Crippen LogP contribution in [0.1, 0.15) is 24.0 Å². The summed E-state index contributed by atoms with van der Waals surface area (Å²) < 4.78 is 0. The zero-order chi connectivity index (χ0) is 17.5. The highest BCUT2D eigenvalue weighted by Gasteiger charge is 2.04. The second kappa shape index (κ2) is 8.25. The van der Waals surface area contributed by atoms with Gasteiger partial charge < -0.3 is 5.32 Å². The van der Waals surface area contributed by atoms with E-state index < -0.39 is 0 Å². The number of aromatic nitrogens is 1. The van der Waals surface area contributed by atoms with Gasteiger partial charge in [0, 0.05) is 12.6 Å². The van der Waals surface area contributed by atoms with Crippen LogP contribution in [0, 0.1) is 6.92 Å². The summed E-state index contributed by atoms with van der Waals surface area (Å²) in [5, 5.41) is 2.86. The minimum absolute atomic E-state index is 0.0320. The van der Waals surface area contributed by atoms with E-state index in [2.05, 4.69) is 65.8 Å². The minimum atomic E-state index is 0.0320. The molecule has 1 aromatic heterocycles. The molecule has 0 radical (unpaired) electrons. The Kier molecular flexibility index (Phi) is 5.57. The maximum Gasteiger partial charge on any atom is 0.224 e. The van der Waals surface area contributed by atoms with Crippen LogP contribution in [0.25, 0.3) is 11.1 Å². The average Bonchev–Trinajstić information content (AvgIpc) is 2.64. The summed E-state index contributed by atoms with van der Waals surface area (Å²) in [6.07, 6.45) is 5.58. The maximum absolute atomic E-state index is 11.9. The predicted molar refractivity (Wildman–Crippen MR) is 102 cm³/mol. The van der Waals surface area contributed by atoms with Crippen molar-refractivity contribution >= 4 is 11.6 Å². The number of hydrogen-bond acceptors (Lipinski definition) is 2. The smallest absolute Gasteiger partial charge is 0.224 e. The number of hydrogen-bond donors (Lipinski definition) is 1. The molecule has 25 heavy (non-hydrogen) atoms. The number of carbonyl (C=O) groups excluding carboxylic acids is 1. The van der Waals surface area contributed by atoms with E-state index in [1.54, 1.807) is 12.4 Å². The monoisotopic (exact) mass is 330 g/mol. The molecule has 1 amide bonds. The van der Waals surface area contributed by atoms with Gasteiger partial charge in [-0.2, -0.15) is 0 Å². The van der Waals surface area contributed by atoms with Gasteiger partial charge in [-0.1, -0.05) is 48.5 Å². The SMILES string of the molecule is Cc1ccccc1-c1ccc(CCCC(=O)Nc2cccnc2)cc1. The van der Waals surface area contributed by atoms with Crippen molar-refractivity contribution in [2.24, 2.45) is 0 Å². The van der Waals surface area contributed by atoms with Gasteiger partial charge in [-0.05, 0) is 54.2 Å². The van der Waals surface area contributed by atoms with Crippen molar-refractivity contribution in [2.75, 3.05) is 5.32 Å². The largest absolute Gasteiger partial charge is 0.325 e. The molecular formula is C22H22N2O. The second-order valence-corrected chi connectivity index (χ2v) is 6.16. The van der Waals surface area contributed by atoms with Gasteiger partial charge in [-0.15, -0.1) is 0 Å². The second-order valence-electron chi connectivity index (χ2n) is 6.16. The Morgan fingerprint density at radius 1 is 1.00 bits per heavy atom. The molecule has 0 fully saturated rings. The van der Waals surface area contributed by atoms with Crippen LogP contribution < -0.4 is 5.32 Å².